The quantitative estimate of drug-likeness (QED) is 0.732. The van der Waals surface area contributed by atoms with Crippen LogP contribution in [-0.4, -0.2) is 48.8 Å². The molecule has 3 saturated heterocycles. The summed E-state index contributed by atoms with van der Waals surface area (Å²) in [5.74, 6) is -1.31. The lowest BCUT2D eigenvalue weighted by atomic mass is 9.99. The van der Waals surface area contributed by atoms with E-state index in [4.69, 9.17) is 29.4 Å². The van der Waals surface area contributed by atoms with Crippen molar-refractivity contribution >= 4 is 0 Å². The number of hydrogen-bond acceptors (Lipinski definition) is 6. The number of hydrogen-bond donors (Lipinski definition) is 1. The average Bonchev–Trinajstić information content (AvgIpc) is 2.71. The summed E-state index contributed by atoms with van der Waals surface area (Å²) in [6.45, 7) is 7.86. The van der Waals surface area contributed by atoms with E-state index in [1.807, 2.05) is 27.7 Å². The second kappa shape index (κ2) is 3.88. The lowest BCUT2D eigenvalue weighted by Crippen LogP contribution is -2.57. The highest BCUT2D eigenvalue weighted by atomic mass is 16.9. The van der Waals surface area contributed by atoms with Crippen molar-refractivity contribution in [1.82, 2.24) is 0 Å². The van der Waals surface area contributed by atoms with Gasteiger partial charge in [0.2, 0.25) is 0 Å². The molecular formula is C12H21NO5. The minimum atomic E-state index is -0.667. The molecule has 0 aliphatic carbocycles. The fourth-order valence-electron chi connectivity index (χ4n) is 2.88. The van der Waals surface area contributed by atoms with Crippen LogP contribution in [0, 0.1) is 0 Å². The first-order valence-electron chi connectivity index (χ1n) is 6.38. The highest BCUT2D eigenvalue weighted by Gasteiger charge is 2.60. The molecule has 0 bridgehead atoms. The molecule has 3 heterocycles. The summed E-state index contributed by atoms with van der Waals surface area (Å²) < 4.78 is 29.2. The Morgan fingerprint density at radius 1 is 0.833 bits per heavy atom. The summed E-state index contributed by atoms with van der Waals surface area (Å²) in [4.78, 5) is 0. The van der Waals surface area contributed by atoms with Gasteiger partial charge in [0.25, 0.3) is 0 Å². The Kier molecular flexibility index (Phi) is 2.75. The van der Waals surface area contributed by atoms with Gasteiger partial charge in [-0.15, -0.1) is 0 Å². The average molecular weight is 259 g/mol. The van der Waals surface area contributed by atoms with E-state index >= 15 is 0 Å². The van der Waals surface area contributed by atoms with E-state index in [0.717, 1.165) is 0 Å². The molecule has 18 heavy (non-hydrogen) atoms. The fraction of sp³-hybridized carbons (Fsp3) is 1.00. The van der Waals surface area contributed by atoms with Crippen LogP contribution in [0.4, 0.5) is 0 Å². The molecule has 0 spiro atoms. The van der Waals surface area contributed by atoms with E-state index in [0.29, 0.717) is 6.54 Å². The first-order valence-corrected chi connectivity index (χ1v) is 6.38. The number of fused-ring (bicyclic) bond motifs is 3. The van der Waals surface area contributed by atoms with Gasteiger partial charge < -0.3 is 29.4 Å². The molecule has 3 aliphatic heterocycles. The third kappa shape index (κ3) is 1.97. The van der Waals surface area contributed by atoms with Crippen LogP contribution in [0.3, 0.4) is 0 Å². The predicted molar refractivity (Wildman–Crippen MR) is 61.6 cm³/mol. The van der Waals surface area contributed by atoms with Crippen LogP contribution in [0.25, 0.3) is 0 Å². The van der Waals surface area contributed by atoms with Gasteiger partial charge in [-0.25, -0.2) is 0 Å². The van der Waals surface area contributed by atoms with Crippen molar-refractivity contribution in [1.29, 1.82) is 0 Å². The molecule has 0 radical (unpaired) electrons. The topological polar surface area (TPSA) is 72.2 Å². The zero-order valence-electron chi connectivity index (χ0n) is 11.2. The molecule has 3 rings (SSSR count). The second-order valence-corrected chi connectivity index (χ2v) is 5.94. The summed E-state index contributed by atoms with van der Waals surface area (Å²) in [7, 11) is 0. The van der Waals surface area contributed by atoms with Crippen LogP contribution >= 0.6 is 0 Å². The van der Waals surface area contributed by atoms with Gasteiger partial charge in [-0.3, -0.25) is 0 Å². The Bertz CT molecular complexity index is 345. The molecule has 0 amide bonds. The molecule has 6 nitrogen and oxygen atoms in total. The van der Waals surface area contributed by atoms with Gasteiger partial charge >= 0.3 is 0 Å². The molecule has 6 heteroatoms. The first-order chi connectivity index (χ1) is 8.31. The van der Waals surface area contributed by atoms with Gasteiger partial charge in [0.05, 0.1) is 0 Å². The maximum atomic E-state index is 5.93. The van der Waals surface area contributed by atoms with Crippen LogP contribution in [-0.2, 0) is 23.7 Å². The third-order valence-electron chi connectivity index (χ3n) is 3.48. The molecule has 5 atom stereocenters. The van der Waals surface area contributed by atoms with E-state index in [1.54, 1.807) is 0 Å². The largest absolute Gasteiger partial charge is 0.342 e. The van der Waals surface area contributed by atoms with Gasteiger partial charge in [-0.1, -0.05) is 0 Å². The second-order valence-electron chi connectivity index (χ2n) is 5.94. The lowest BCUT2D eigenvalue weighted by Gasteiger charge is -2.36. The van der Waals surface area contributed by atoms with E-state index in [1.165, 1.54) is 0 Å². The first kappa shape index (κ1) is 12.8. The molecule has 0 aromatic rings. The van der Waals surface area contributed by atoms with Crippen LogP contribution in [0.15, 0.2) is 0 Å². The van der Waals surface area contributed by atoms with Gasteiger partial charge in [0.1, 0.15) is 24.4 Å². The van der Waals surface area contributed by atoms with Crippen LogP contribution in [0.5, 0.6) is 0 Å². The monoisotopic (exact) mass is 259 g/mol. The molecule has 0 aromatic heterocycles. The fourth-order valence-corrected chi connectivity index (χ4v) is 2.88. The van der Waals surface area contributed by atoms with Gasteiger partial charge in [-0.2, -0.15) is 0 Å². The molecule has 0 saturated carbocycles. The Morgan fingerprint density at radius 3 is 2.06 bits per heavy atom. The molecule has 2 N–H and O–H groups in total. The van der Waals surface area contributed by atoms with Crippen molar-refractivity contribution in [2.24, 2.45) is 5.73 Å². The maximum Gasteiger partial charge on any atom is 0.190 e. The standard InChI is InChI=1S/C12H21NO5/c1-11(2)15-7-6(5-13)14-10-9(8(7)16-11)17-12(3,4)18-10/h6-10H,5,13H2,1-4H3/t6-,7+,8+,9+,10-/m0/s1. The number of rotatable bonds is 1. The van der Waals surface area contributed by atoms with Crippen LogP contribution in [0.1, 0.15) is 27.7 Å². The van der Waals surface area contributed by atoms with Crippen molar-refractivity contribution < 1.29 is 23.7 Å². The van der Waals surface area contributed by atoms with Gasteiger partial charge in [0.15, 0.2) is 17.9 Å². The summed E-state index contributed by atoms with van der Waals surface area (Å²) >= 11 is 0. The molecular weight excluding hydrogens is 238 g/mol. The van der Waals surface area contributed by atoms with Crippen molar-refractivity contribution in [3.8, 4) is 0 Å². The van der Waals surface area contributed by atoms with E-state index in [9.17, 15) is 0 Å². The maximum absolute atomic E-state index is 5.93. The Balaban J connectivity index is 1.86. The van der Waals surface area contributed by atoms with Gasteiger partial charge in [-0.05, 0) is 27.7 Å². The van der Waals surface area contributed by atoms with E-state index < -0.39 is 17.9 Å². The van der Waals surface area contributed by atoms with Gasteiger partial charge in [0, 0.05) is 6.54 Å². The zero-order chi connectivity index (χ0) is 13.1. The van der Waals surface area contributed by atoms with E-state index in [-0.39, 0.29) is 24.4 Å². The highest BCUT2D eigenvalue weighted by molar-refractivity contribution is 5.00. The molecule has 3 fully saturated rings. The lowest BCUT2D eigenvalue weighted by molar-refractivity contribution is -0.231. The molecule has 3 aliphatic rings. The SMILES string of the molecule is CC1(C)O[C@@H]2O[C@@H](CN)[C@H]3OC(C)(C)O[C@H]3[C@H]2O1. The Hall–Kier alpha value is -0.240. The van der Waals surface area contributed by atoms with E-state index in [2.05, 4.69) is 0 Å². The molecule has 104 valence electrons. The van der Waals surface area contributed by atoms with Crippen LogP contribution < -0.4 is 5.73 Å². The summed E-state index contributed by atoms with van der Waals surface area (Å²) in [5.41, 5.74) is 5.74. The Labute approximate surface area is 107 Å². The van der Waals surface area contributed by atoms with Crippen LogP contribution in [0.2, 0.25) is 0 Å². The molecule has 0 unspecified atom stereocenters. The smallest absolute Gasteiger partial charge is 0.190 e. The predicted octanol–water partition coefficient (Wildman–Crippen LogP) is 0.342. The minimum absolute atomic E-state index is 0.200. The Morgan fingerprint density at radius 2 is 1.39 bits per heavy atom. The van der Waals surface area contributed by atoms with Crippen molar-refractivity contribution in [3.63, 3.8) is 0 Å². The normalized spacial score (nSPS) is 48.8. The zero-order valence-corrected chi connectivity index (χ0v) is 11.2. The minimum Gasteiger partial charge on any atom is -0.342 e. The third-order valence-corrected chi connectivity index (χ3v) is 3.48. The highest BCUT2D eigenvalue weighted by Crippen LogP contribution is 2.43. The van der Waals surface area contributed by atoms with Crippen molar-refractivity contribution in [3.05, 3.63) is 0 Å². The summed E-state index contributed by atoms with van der Waals surface area (Å²) in [5, 5.41) is 0. The number of nitrogens with two attached hydrogens (primary N) is 1. The van der Waals surface area contributed by atoms with Crippen molar-refractivity contribution in [2.75, 3.05) is 6.54 Å². The number of ether oxygens (including phenoxy) is 5. The summed E-state index contributed by atoms with van der Waals surface area (Å²) in [6, 6.07) is 0. The molecule has 0 aromatic carbocycles. The summed E-state index contributed by atoms with van der Waals surface area (Å²) in [6.07, 6.45) is -1.34. The van der Waals surface area contributed by atoms with Crippen molar-refractivity contribution in [2.45, 2.75) is 70.0 Å².